The van der Waals surface area contributed by atoms with Crippen LogP contribution in [-0.4, -0.2) is 17.9 Å². The van der Waals surface area contributed by atoms with Gasteiger partial charge in [-0.3, -0.25) is 9.59 Å². The second kappa shape index (κ2) is 5.41. The Bertz CT molecular complexity index is 600. The molecule has 1 atom stereocenters. The number of cyclic esters (lactones) is 1. The lowest BCUT2D eigenvalue weighted by Crippen LogP contribution is -2.56. The van der Waals surface area contributed by atoms with Gasteiger partial charge in [0.25, 0.3) is 0 Å². The number of rotatable bonds is 2. The number of ether oxygens (including phenoxy) is 1. The van der Waals surface area contributed by atoms with Crippen LogP contribution in [0.2, 0.25) is 0 Å². The van der Waals surface area contributed by atoms with Crippen LogP contribution in [0, 0.1) is 10.8 Å². The van der Waals surface area contributed by atoms with Gasteiger partial charge in [-0.05, 0) is 39.3 Å². The predicted molar refractivity (Wildman–Crippen MR) is 85.8 cm³/mol. The van der Waals surface area contributed by atoms with Crippen molar-refractivity contribution in [3.05, 3.63) is 40.4 Å². The minimum atomic E-state index is -1.10. The van der Waals surface area contributed by atoms with Gasteiger partial charge in [0.2, 0.25) is 0 Å². The van der Waals surface area contributed by atoms with Crippen molar-refractivity contribution < 1.29 is 14.3 Å². The number of halogens is 1. The van der Waals surface area contributed by atoms with E-state index in [2.05, 4.69) is 15.9 Å². The van der Waals surface area contributed by atoms with Gasteiger partial charge in [0, 0.05) is 4.48 Å². The van der Waals surface area contributed by atoms with E-state index in [9.17, 15) is 9.59 Å². The van der Waals surface area contributed by atoms with Crippen molar-refractivity contribution in [2.24, 2.45) is 10.8 Å². The Kier molecular flexibility index (Phi) is 4.11. The van der Waals surface area contributed by atoms with E-state index in [-0.39, 0.29) is 5.78 Å². The molecule has 1 aliphatic rings. The average Bonchev–Trinajstić information content (AvgIpc) is 2.42. The molecule has 1 aromatic carbocycles. The molecule has 1 fully saturated rings. The summed E-state index contributed by atoms with van der Waals surface area (Å²) in [5, 5.41) is 0. The number of hydrogen-bond acceptors (Lipinski definition) is 3. The van der Waals surface area contributed by atoms with Crippen LogP contribution < -0.4 is 0 Å². The van der Waals surface area contributed by atoms with E-state index in [0.717, 1.165) is 5.56 Å². The van der Waals surface area contributed by atoms with E-state index in [1.54, 1.807) is 13.8 Å². The smallest absolute Gasteiger partial charge is 0.319 e. The SMILES string of the molecule is CC1(C)C(=O)O[C@H](/C(Br)=C/c2ccccc2)C(C)(C)C1=O. The lowest BCUT2D eigenvalue weighted by molar-refractivity contribution is -0.181. The summed E-state index contributed by atoms with van der Waals surface area (Å²) in [6.07, 6.45) is 1.27. The maximum Gasteiger partial charge on any atom is 0.319 e. The molecule has 0 aromatic heterocycles. The van der Waals surface area contributed by atoms with Gasteiger partial charge < -0.3 is 4.74 Å². The molecule has 0 unspecified atom stereocenters. The van der Waals surface area contributed by atoms with Crippen molar-refractivity contribution in [1.29, 1.82) is 0 Å². The molecule has 3 nitrogen and oxygen atoms in total. The molecule has 0 radical (unpaired) electrons. The summed E-state index contributed by atoms with van der Waals surface area (Å²) in [6.45, 7) is 6.86. The fourth-order valence-electron chi connectivity index (χ4n) is 2.60. The summed E-state index contributed by atoms with van der Waals surface area (Å²) in [7, 11) is 0. The molecule has 1 aliphatic heterocycles. The Morgan fingerprint density at radius 2 is 1.71 bits per heavy atom. The fourth-order valence-corrected chi connectivity index (χ4v) is 3.53. The molecule has 0 bridgehead atoms. The van der Waals surface area contributed by atoms with Crippen LogP contribution in [0.15, 0.2) is 34.8 Å². The normalized spacial score (nSPS) is 24.6. The maximum atomic E-state index is 12.6. The van der Waals surface area contributed by atoms with Crippen LogP contribution in [0.3, 0.4) is 0 Å². The van der Waals surface area contributed by atoms with Crippen LogP contribution in [0.4, 0.5) is 0 Å². The van der Waals surface area contributed by atoms with Crippen LogP contribution in [0.5, 0.6) is 0 Å². The van der Waals surface area contributed by atoms with Gasteiger partial charge in [-0.25, -0.2) is 0 Å². The van der Waals surface area contributed by atoms with Crippen LogP contribution in [0.1, 0.15) is 33.3 Å². The van der Waals surface area contributed by atoms with E-state index in [0.29, 0.717) is 4.48 Å². The third kappa shape index (κ3) is 2.82. The molecular weight excluding hydrogens is 332 g/mol. The Labute approximate surface area is 133 Å². The molecular formula is C17H19BrO3. The van der Waals surface area contributed by atoms with Crippen molar-refractivity contribution in [2.45, 2.75) is 33.8 Å². The zero-order valence-corrected chi connectivity index (χ0v) is 14.2. The van der Waals surface area contributed by atoms with Crippen molar-refractivity contribution in [1.82, 2.24) is 0 Å². The summed E-state index contributed by atoms with van der Waals surface area (Å²) < 4.78 is 6.24. The average molecular weight is 351 g/mol. The Balaban J connectivity index is 2.38. The topological polar surface area (TPSA) is 43.4 Å². The van der Waals surface area contributed by atoms with Gasteiger partial charge in [0.1, 0.15) is 11.5 Å². The van der Waals surface area contributed by atoms with Gasteiger partial charge in [0.15, 0.2) is 5.78 Å². The summed E-state index contributed by atoms with van der Waals surface area (Å²) in [6, 6.07) is 9.69. The fraction of sp³-hybridized carbons (Fsp3) is 0.412. The highest BCUT2D eigenvalue weighted by atomic mass is 79.9. The highest BCUT2D eigenvalue weighted by Gasteiger charge is 2.55. The molecule has 2 rings (SSSR count). The molecule has 0 amide bonds. The van der Waals surface area contributed by atoms with Crippen molar-refractivity contribution in [3.63, 3.8) is 0 Å². The van der Waals surface area contributed by atoms with Crippen molar-refractivity contribution in [3.8, 4) is 0 Å². The number of esters is 1. The van der Waals surface area contributed by atoms with Crippen LogP contribution >= 0.6 is 15.9 Å². The maximum absolute atomic E-state index is 12.6. The van der Waals surface area contributed by atoms with E-state index in [1.165, 1.54) is 0 Å². The number of carbonyl (C=O) groups excluding carboxylic acids is 2. The van der Waals surface area contributed by atoms with E-state index in [4.69, 9.17) is 4.74 Å². The molecule has 112 valence electrons. The monoisotopic (exact) mass is 350 g/mol. The zero-order chi connectivity index (χ0) is 15.8. The third-order valence-electron chi connectivity index (χ3n) is 3.90. The van der Waals surface area contributed by atoms with Gasteiger partial charge >= 0.3 is 5.97 Å². The second-order valence-electron chi connectivity index (χ2n) is 6.40. The summed E-state index contributed by atoms with van der Waals surface area (Å²) in [5.41, 5.74) is -0.893. The number of benzene rings is 1. The molecule has 21 heavy (non-hydrogen) atoms. The molecule has 1 heterocycles. The van der Waals surface area contributed by atoms with Crippen molar-refractivity contribution >= 4 is 33.8 Å². The highest BCUT2D eigenvalue weighted by Crippen LogP contribution is 2.44. The molecule has 4 heteroatoms. The van der Waals surface area contributed by atoms with E-state index in [1.807, 2.05) is 50.3 Å². The predicted octanol–water partition coefficient (Wildman–Crippen LogP) is 3.97. The lowest BCUT2D eigenvalue weighted by Gasteiger charge is -2.43. The van der Waals surface area contributed by atoms with Gasteiger partial charge in [0.05, 0.1) is 5.41 Å². The van der Waals surface area contributed by atoms with E-state index >= 15 is 0 Å². The Hall–Kier alpha value is -1.42. The van der Waals surface area contributed by atoms with Crippen LogP contribution in [-0.2, 0) is 14.3 Å². The zero-order valence-electron chi connectivity index (χ0n) is 12.6. The van der Waals surface area contributed by atoms with Crippen molar-refractivity contribution in [2.75, 3.05) is 0 Å². The number of ketones is 1. The second-order valence-corrected chi connectivity index (χ2v) is 7.32. The van der Waals surface area contributed by atoms with E-state index < -0.39 is 22.9 Å². The molecule has 0 N–H and O–H groups in total. The van der Waals surface area contributed by atoms with Gasteiger partial charge in [-0.15, -0.1) is 0 Å². The molecule has 0 saturated carbocycles. The first-order valence-corrected chi connectivity index (χ1v) is 7.65. The van der Waals surface area contributed by atoms with Gasteiger partial charge in [-0.2, -0.15) is 0 Å². The quantitative estimate of drug-likeness (QED) is 0.598. The summed E-state index contributed by atoms with van der Waals surface area (Å²) in [4.78, 5) is 24.7. The van der Waals surface area contributed by atoms with Gasteiger partial charge in [-0.1, -0.05) is 46.3 Å². The Morgan fingerprint density at radius 3 is 2.29 bits per heavy atom. The third-order valence-corrected chi connectivity index (χ3v) is 4.54. The first-order valence-electron chi connectivity index (χ1n) is 6.85. The number of Topliss-reactive ketones (excluding diaryl/α,β-unsaturated/α-hetero) is 1. The summed E-state index contributed by atoms with van der Waals surface area (Å²) in [5.74, 6) is -0.579. The molecule has 0 aliphatic carbocycles. The molecule has 0 spiro atoms. The number of hydrogen-bond donors (Lipinski definition) is 0. The molecule has 1 aromatic rings. The first-order chi connectivity index (χ1) is 9.67. The Morgan fingerprint density at radius 1 is 1.14 bits per heavy atom. The standard InChI is InChI=1S/C17H19BrO3/c1-16(2)13(21-15(20)17(3,4)14(16)19)12(18)10-11-8-6-5-7-9-11/h5-10,13H,1-4H3/b12-10-/t13-/m1/s1. The largest absolute Gasteiger partial charge is 0.455 e. The first kappa shape index (κ1) is 16.0. The number of carbonyl (C=O) groups is 2. The minimum Gasteiger partial charge on any atom is -0.455 e. The summed E-state index contributed by atoms with van der Waals surface area (Å²) >= 11 is 3.48. The lowest BCUT2D eigenvalue weighted by atomic mass is 9.68. The van der Waals surface area contributed by atoms with Crippen LogP contribution in [0.25, 0.3) is 6.08 Å². The molecule has 1 saturated heterocycles. The highest BCUT2D eigenvalue weighted by molar-refractivity contribution is 9.11. The minimum absolute atomic E-state index is 0.102.